The van der Waals surface area contributed by atoms with Crippen LogP contribution in [-0.4, -0.2) is 58.1 Å². The maximum Gasteiger partial charge on any atom is 0.261 e. The Hall–Kier alpha value is -2.92. The number of benzene rings is 3. The van der Waals surface area contributed by atoms with E-state index in [9.17, 15) is 21.6 Å². The molecular weight excluding hydrogens is 510 g/mol. The SMILES string of the molecule is Cc1ccc(S(=O)(=O)Nc2ccc(C(=O)N3CCN(S(=O)(=O)c4ccccc4)CC3)c(Cl)c2)cc1. The molecule has 184 valence electrons. The second-order valence-electron chi connectivity index (χ2n) is 8.12. The molecule has 0 aromatic heterocycles. The van der Waals surface area contributed by atoms with Crippen molar-refractivity contribution in [1.82, 2.24) is 9.21 Å². The summed E-state index contributed by atoms with van der Waals surface area (Å²) in [6.45, 7) is 2.61. The number of halogens is 1. The molecule has 4 rings (SSSR count). The number of amides is 1. The lowest BCUT2D eigenvalue weighted by molar-refractivity contribution is 0.0698. The van der Waals surface area contributed by atoms with Crippen molar-refractivity contribution < 1.29 is 21.6 Å². The number of hydrogen-bond donors (Lipinski definition) is 1. The summed E-state index contributed by atoms with van der Waals surface area (Å²) in [6.07, 6.45) is 0. The molecule has 35 heavy (non-hydrogen) atoms. The highest BCUT2D eigenvalue weighted by Gasteiger charge is 2.31. The fraction of sp³-hybridized carbons (Fsp3) is 0.208. The number of nitrogens with zero attached hydrogens (tertiary/aromatic N) is 2. The molecule has 3 aromatic carbocycles. The van der Waals surface area contributed by atoms with Crippen LogP contribution in [0.4, 0.5) is 5.69 Å². The molecule has 1 amide bonds. The van der Waals surface area contributed by atoms with E-state index in [1.54, 1.807) is 42.5 Å². The third kappa shape index (κ3) is 5.51. The van der Waals surface area contributed by atoms with Crippen LogP contribution in [0.15, 0.2) is 82.6 Å². The Labute approximate surface area is 210 Å². The van der Waals surface area contributed by atoms with Gasteiger partial charge in [-0.25, -0.2) is 16.8 Å². The predicted octanol–water partition coefficient (Wildman–Crippen LogP) is 3.60. The number of anilines is 1. The lowest BCUT2D eigenvalue weighted by atomic mass is 10.1. The van der Waals surface area contributed by atoms with Crippen LogP contribution in [0.1, 0.15) is 15.9 Å². The van der Waals surface area contributed by atoms with Crippen molar-refractivity contribution in [1.29, 1.82) is 0 Å². The number of sulfonamides is 2. The number of carbonyl (C=O) groups excluding carboxylic acids is 1. The minimum Gasteiger partial charge on any atom is -0.336 e. The summed E-state index contributed by atoms with van der Waals surface area (Å²) in [4.78, 5) is 14.9. The van der Waals surface area contributed by atoms with E-state index in [2.05, 4.69) is 4.72 Å². The van der Waals surface area contributed by atoms with Gasteiger partial charge in [0, 0.05) is 26.2 Å². The Balaban J connectivity index is 1.43. The molecule has 0 atom stereocenters. The molecule has 1 heterocycles. The number of rotatable bonds is 6. The minimum atomic E-state index is -3.81. The molecular formula is C24H24ClN3O5S2. The number of piperazine rings is 1. The average Bonchev–Trinajstić information content (AvgIpc) is 2.84. The molecule has 0 unspecified atom stereocenters. The van der Waals surface area contributed by atoms with Crippen LogP contribution in [0.5, 0.6) is 0 Å². The van der Waals surface area contributed by atoms with Gasteiger partial charge in [0.25, 0.3) is 15.9 Å². The summed E-state index contributed by atoms with van der Waals surface area (Å²) in [7, 11) is -7.44. The summed E-state index contributed by atoms with van der Waals surface area (Å²) in [5, 5.41) is 0.0958. The molecule has 1 saturated heterocycles. The topological polar surface area (TPSA) is 104 Å². The second-order valence-corrected chi connectivity index (χ2v) is 12.2. The third-order valence-corrected chi connectivity index (χ3v) is 9.31. The van der Waals surface area contributed by atoms with Gasteiger partial charge in [-0.2, -0.15) is 4.31 Å². The van der Waals surface area contributed by atoms with Crippen molar-refractivity contribution in [3.8, 4) is 0 Å². The van der Waals surface area contributed by atoms with Crippen molar-refractivity contribution in [2.45, 2.75) is 16.7 Å². The highest BCUT2D eigenvalue weighted by atomic mass is 35.5. The second kappa shape index (κ2) is 9.98. The van der Waals surface area contributed by atoms with E-state index in [1.165, 1.54) is 39.5 Å². The first-order chi connectivity index (χ1) is 16.6. The van der Waals surface area contributed by atoms with E-state index in [-0.39, 0.29) is 58.2 Å². The molecule has 3 aromatic rings. The first-order valence-corrected chi connectivity index (χ1v) is 14.1. The summed E-state index contributed by atoms with van der Waals surface area (Å²) < 4.78 is 54.7. The molecule has 0 bridgehead atoms. The van der Waals surface area contributed by atoms with Gasteiger partial charge in [-0.3, -0.25) is 9.52 Å². The zero-order valence-electron chi connectivity index (χ0n) is 18.9. The molecule has 0 aliphatic carbocycles. The Morgan fingerprint density at radius 3 is 2.06 bits per heavy atom. The van der Waals surface area contributed by atoms with Crippen LogP contribution < -0.4 is 4.72 Å². The maximum absolute atomic E-state index is 13.0. The van der Waals surface area contributed by atoms with Crippen LogP contribution in [0.2, 0.25) is 5.02 Å². The van der Waals surface area contributed by atoms with Crippen LogP contribution in [-0.2, 0) is 20.0 Å². The smallest absolute Gasteiger partial charge is 0.261 e. The predicted molar refractivity (Wildman–Crippen MR) is 135 cm³/mol. The summed E-state index contributed by atoms with van der Waals surface area (Å²) in [6, 6.07) is 18.9. The first kappa shape index (κ1) is 25.2. The Kier molecular flexibility index (Phi) is 7.18. The first-order valence-electron chi connectivity index (χ1n) is 10.8. The monoisotopic (exact) mass is 533 g/mol. The van der Waals surface area contributed by atoms with Gasteiger partial charge < -0.3 is 4.90 Å². The molecule has 1 fully saturated rings. The largest absolute Gasteiger partial charge is 0.336 e. The van der Waals surface area contributed by atoms with Gasteiger partial charge in [0.2, 0.25) is 10.0 Å². The number of hydrogen-bond acceptors (Lipinski definition) is 5. The van der Waals surface area contributed by atoms with Gasteiger partial charge in [-0.05, 0) is 49.4 Å². The molecule has 11 heteroatoms. The fourth-order valence-electron chi connectivity index (χ4n) is 3.73. The zero-order valence-corrected chi connectivity index (χ0v) is 21.3. The highest BCUT2D eigenvalue weighted by Crippen LogP contribution is 2.26. The normalized spacial score (nSPS) is 15.1. The molecule has 1 N–H and O–H groups in total. The molecule has 8 nitrogen and oxygen atoms in total. The van der Waals surface area contributed by atoms with Crippen LogP contribution >= 0.6 is 11.6 Å². The van der Waals surface area contributed by atoms with Gasteiger partial charge in [0.05, 0.1) is 26.1 Å². The fourth-order valence-corrected chi connectivity index (χ4v) is 6.48. The molecule has 0 saturated carbocycles. The molecule has 1 aliphatic rings. The van der Waals surface area contributed by atoms with Crippen LogP contribution in [0.3, 0.4) is 0 Å². The van der Waals surface area contributed by atoms with Crippen molar-refractivity contribution in [3.63, 3.8) is 0 Å². The quantitative estimate of drug-likeness (QED) is 0.521. The lowest BCUT2D eigenvalue weighted by Gasteiger charge is -2.34. The highest BCUT2D eigenvalue weighted by molar-refractivity contribution is 7.92. The lowest BCUT2D eigenvalue weighted by Crippen LogP contribution is -2.50. The van der Waals surface area contributed by atoms with Crippen molar-refractivity contribution in [2.24, 2.45) is 0 Å². The summed E-state index contributed by atoms with van der Waals surface area (Å²) >= 11 is 6.33. The van der Waals surface area contributed by atoms with E-state index in [0.29, 0.717) is 0 Å². The van der Waals surface area contributed by atoms with Crippen LogP contribution in [0.25, 0.3) is 0 Å². The van der Waals surface area contributed by atoms with Crippen molar-refractivity contribution in [2.75, 3.05) is 30.9 Å². The average molecular weight is 534 g/mol. The third-order valence-electron chi connectivity index (χ3n) is 5.69. The number of carbonyl (C=O) groups is 1. The van der Waals surface area contributed by atoms with Crippen molar-refractivity contribution >= 4 is 43.2 Å². The number of nitrogens with one attached hydrogen (secondary N) is 1. The van der Waals surface area contributed by atoms with E-state index < -0.39 is 20.0 Å². The molecule has 0 spiro atoms. The number of aryl methyl sites for hydroxylation is 1. The van der Waals surface area contributed by atoms with E-state index in [4.69, 9.17) is 11.6 Å². The van der Waals surface area contributed by atoms with E-state index in [1.807, 2.05) is 6.92 Å². The minimum absolute atomic E-state index is 0.0958. The van der Waals surface area contributed by atoms with Gasteiger partial charge in [0.15, 0.2) is 0 Å². The standard InChI is InChI=1S/C24H24ClN3O5S2/c1-18-7-10-20(11-8-18)34(30,31)26-19-9-12-22(23(25)17-19)24(29)27-13-15-28(16-14-27)35(32,33)21-5-3-2-4-6-21/h2-12,17,26H,13-16H2,1H3. The Morgan fingerprint density at radius 1 is 0.829 bits per heavy atom. The van der Waals surface area contributed by atoms with Gasteiger partial charge >= 0.3 is 0 Å². The molecule has 1 aliphatic heterocycles. The summed E-state index contributed by atoms with van der Waals surface area (Å²) in [5.41, 5.74) is 1.38. The van der Waals surface area contributed by atoms with Crippen molar-refractivity contribution in [3.05, 3.63) is 88.9 Å². The Morgan fingerprint density at radius 2 is 1.46 bits per heavy atom. The van der Waals surface area contributed by atoms with E-state index in [0.717, 1.165) is 5.56 Å². The van der Waals surface area contributed by atoms with E-state index >= 15 is 0 Å². The van der Waals surface area contributed by atoms with Gasteiger partial charge in [-0.1, -0.05) is 47.5 Å². The summed E-state index contributed by atoms with van der Waals surface area (Å²) in [5.74, 6) is -0.347. The van der Waals surface area contributed by atoms with Crippen LogP contribution in [0, 0.1) is 6.92 Å². The maximum atomic E-state index is 13.0. The van der Waals surface area contributed by atoms with Gasteiger partial charge in [-0.15, -0.1) is 0 Å². The Bertz CT molecular complexity index is 1440. The molecule has 0 radical (unpaired) electrons. The zero-order chi connectivity index (χ0) is 25.2. The van der Waals surface area contributed by atoms with Gasteiger partial charge in [0.1, 0.15) is 0 Å².